The molecule has 1 heterocycles. The first-order valence-electron chi connectivity index (χ1n) is 6.13. The minimum atomic E-state index is 0.664. The zero-order valence-corrected chi connectivity index (χ0v) is 11.0. The summed E-state index contributed by atoms with van der Waals surface area (Å²) in [5.74, 6) is 0.774. The van der Waals surface area contributed by atoms with E-state index in [1.807, 2.05) is 7.05 Å². The molecule has 3 heteroatoms. The first kappa shape index (κ1) is 12.9. The maximum Gasteiger partial charge on any atom is 0.0348 e. The van der Waals surface area contributed by atoms with E-state index in [1.165, 1.54) is 19.6 Å². The third-order valence-electron chi connectivity index (χ3n) is 3.33. The van der Waals surface area contributed by atoms with Gasteiger partial charge in [0.05, 0.1) is 0 Å². The van der Waals surface area contributed by atoms with Gasteiger partial charge in [-0.3, -0.25) is 9.80 Å². The standard InChI is InChI=1S/C12H27N3/c1-10(2)7-15-8-11(3)14(5)12(9-15)6-13-4/h10-13H,6-9H2,1-5H3. The van der Waals surface area contributed by atoms with Crippen LogP contribution in [-0.4, -0.2) is 62.2 Å². The second kappa shape index (κ2) is 5.83. The third kappa shape index (κ3) is 3.74. The van der Waals surface area contributed by atoms with Gasteiger partial charge in [0.2, 0.25) is 0 Å². The number of likely N-dealkylation sites (N-methyl/N-ethyl adjacent to an activating group) is 2. The molecule has 15 heavy (non-hydrogen) atoms. The highest BCUT2D eigenvalue weighted by Gasteiger charge is 2.28. The van der Waals surface area contributed by atoms with Gasteiger partial charge in [0.1, 0.15) is 0 Å². The van der Waals surface area contributed by atoms with Crippen molar-refractivity contribution in [3.63, 3.8) is 0 Å². The molecule has 0 aromatic heterocycles. The lowest BCUT2D eigenvalue weighted by Crippen LogP contribution is -2.59. The molecular weight excluding hydrogens is 186 g/mol. The van der Waals surface area contributed by atoms with E-state index in [0.717, 1.165) is 12.5 Å². The molecule has 1 fully saturated rings. The van der Waals surface area contributed by atoms with Crippen LogP contribution >= 0.6 is 0 Å². The first-order chi connectivity index (χ1) is 7.04. The Kier molecular flexibility index (Phi) is 5.03. The van der Waals surface area contributed by atoms with E-state index in [1.54, 1.807) is 0 Å². The fraction of sp³-hybridized carbons (Fsp3) is 1.00. The molecule has 1 rings (SSSR count). The molecule has 0 amide bonds. The van der Waals surface area contributed by atoms with Crippen molar-refractivity contribution >= 4 is 0 Å². The summed E-state index contributed by atoms with van der Waals surface area (Å²) < 4.78 is 0. The monoisotopic (exact) mass is 213 g/mol. The minimum Gasteiger partial charge on any atom is -0.318 e. The van der Waals surface area contributed by atoms with Crippen LogP contribution in [0.3, 0.4) is 0 Å². The van der Waals surface area contributed by atoms with E-state index in [9.17, 15) is 0 Å². The van der Waals surface area contributed by atoms with E-state index in [4.69, 9.17) is 0 Å². The molecule has 0 radical (unpaired) electrons. The van der Waals surface area contributed by atoms with E-state index in [-0.39, 0.29) is 0 Å². The molecular formula is C12H27N3. The summed E-state index contributed by atoms with van der Waals surface area (Å²) in [4.78, 5) is 5.12. The fourth-order valence-electron chi connectivity index (χ4n) is 2.47. The van der Waals surface area contributed by atoms with Crippen LogP contribution in [0.5, 0.6) is 0 Å². The Morgan fingerprint density at radius 3 is 2.53 bits per heavy atom. The second-order valence-corrected chi connectivity index (χ2v) is 5.34. The summed E-state index contributed by atoms with van der Waals surface area (Å²) in [6, 6.07) is 1.34. The number of nitrogens with zero attached hydrogens (tertiary/aromatic N) is 2. The molecule has 2 atom stereocenters. The highest BCUT2D eigenvalue weighted by Crippen LogP contribution is 2.14. The van der Waals surface area contributed by atoms with Gasteiger partial charge in [0, 0.05) is 38.3 Å². The van der Waals surface area contributed by atoms with Gasteiger partial charge in [-0.2, -0.15) is 0 Å². The topological polar surface area (TPSA) is 18.5 Å². The lowest BCUT2D eigenvalue weighted by molar-refractivity contribution is 0.0462. The number of nitrogens with one attached hydrogen (secondary N) is 1. The van der Waals surface area contributed by atoms with E-state index in [2.05, 4.69) is 42.9 Å². The Labute approximate surface area is 94.8 Å². The summed E-state index contributed by atoms with van der Waals surface area (Å²) in [5, 5.41) is 3.29. The van der Waals surface area contributed by atoms with Crippen molar-refractivity contribution in [1.82, 2.24) is 15.1 Å². The van der Waals surface area contributed by atoms with Gasteiger partial charge < -0.3 is 5.32 Å². The maximum absolute atomic E-state index is 3.29. The lowest BCUT2D eigenvalue weighted by atomic mass is 10.1. The normalized spacial score (nSPS) is 30.0. The molecule has 0 aromatic carbocycles. The molecule has 1 aliphatic heterocycles. The molecule has 2 unspecified atom stereocenters. The van der Waals surface area contributed by atoms with Crippen LogP contribution in [0.1, 0.15) is 20.8 Å². The predicted molar refractivity (Wildman–Crippen MR) is 66.2 cm³/mol. The van der Waals surface area contributed by atoms with Gasteiger partial charge in [-0.15, -0.1) is 0 Å². The van der Waals surface area contributed by atoms with Crippen LogP contribution in [0.4, 0.5) is 0 Å². The van der Waals surface area contributed by atoms with Crippen molar-refractivity contribution in [3.8, 4) is 0 Å². The molecule has 1 aliphatic rings. The largest absolute Gasteiger partial charge is 0.318 e. The Bertz CT molecular complexity index is 182. The Morgan fingerprint density at radius 1 is 1.33 bits per heavy atom. The molecule has 1 saturated heterocycles. The highest BCUT2D eigenvalue weighted by atomic mass is 15.3. The quantitative estimate of drug-likeness (QED) is 0.747. The van der Waals surface area contributed by atoms with Gasteiger partial charge in [-0.05, 0) is 26.9 Å². The van der Waals surface area contributed by atoms with Gasteiger partial charge in [0.15, 0.2) is 0 Å². The van der Waals surface area contributed by atoms with Crippen molar-refractivity contribution in [1.29, 1.82) is 0 Å². The summed E-state index contributed by atoms with van der Waals surface area (Å²) in [6.07, 6.45) is 0. The maximum atomic E-state index is 3.29. The average Bonchev–Trinajstić information content (AvgIpc) is 2.12. The van der Waals surface area contributed by atoms with Crippen molar-refractivity contribution in [2.24, 2.45) is 5.92 Å². The first-order valence-corrected chi connectivity index (χ1v) is 6.13. The fourth-order valence-corrected chi connectivity index (χ4v) is 2.47. The molecule has 1 N–H and O–H groups in total. The SMILES string of the molecule is CNCC1CN(CC(C)C)CC(C)N1C. The van der Waals surface area contributed by atoms with Crippen molar-refractivity contribution in [2.45, 2.75) is 32.9 Å². The van der Waals surface area contributed by atoms with E-state index < -0.39 is 0 Å². The number of hydrogen-bond acceptors (Lipinski definition) is 3. The van der Waals surface area contributed by atoms with Gasteiger partial charge >= 0.3 is 0 Å². The average molecular weight is 213 g/mol. The van der Waals surface area contributed by atoms with Gasteiger partial charge in [0.25, 0.3) is 0 Å². The molecule has 3 nitrogen and oxygen atoms in total. The molecule has 0 aromatic rings. The Hall–Kier alpha value is -0.120. The summed E-state index contributed by atoms with van der Waals surface area (Å²) >= 11 is 0. The summed E-state index contributed by atoms with van der Waals surface area (Å²) in [7, 11) is 4.29. The number of hydrogen-bond donors (Lipinski definition) is 1. The molecule has 0 aliphatic carbocycles. The van der Waals surface area contributed by atoms with Crippen LogP contribution in [-0.2, 0) is 0 Å². The minimum absolute atomic E-state index is 0.664. The molecule has 0 spiro atoms. The van der Waals surface area contributed by atoms with Crippen molar-refractivity contribution in [2.75, 3.05) is 40.3 Å². The highest BCUT2D eigenvalue weighted by molar-refractivity contribution is 4.86. The predicted octanol–water partition coefficient (Wildman–Crippen LogP) is 0.866. The lowest BCUT2D eigenvalue weighted by Gasteiger charge is -2.44. The summed E-state index contributed by atoms with van der Waals surface area (Å²) in [6.45, 7) is 11.7. The Morgan fingerprint density at radius 2 is 2.00 bits per heavy atom. The van der Waals surface area contributed by atoms with Crippen molar-refractivity contribution < 1.29 is 0 Å². The molecule has 0 saturated carbocycles. The van der Waals surface area contributed by atoms with E-state index in [0.29, 0.717) is 12.1 Å². The summed E-state index contributed by atoms with van der Waals surface area (Å²) in [5.41, 5.74) is 0. The third-order valence-corrected chi connectivity index (χ3v) is 3.33. The van der Waals surface area contributed by atoms with Crippen LogP contribution in [0.2, 0.25) is 0 Å². The zero-order valence-electron chi connectivity index (χ0n) is 11.0. The zero-order chi connectivity index (χ0) is 11.4. The second-order valence-electron chi connectivity index (χ2n) is 5.34. The van der Waals surface area contributed by atoms with Gasteiger partial charge in [-0.1, -0.05) is 13.8 Å². The van der Waals surface area contributed by atoms with Crippen LogP contribution in [0.15, 0.2) is 0 Å². The Balaban J connectivity index is 2.50. The smallest absolute Gasteiger partial charge is 0.0348 e. The van der Waals surface area contributed by atoms with Crippen LogP contribution in [0, 0.1) is 5.92 Å². The van der Waals surface area contributed by atoms with Crippen molar-refractivity contribution in [3.05, 3.63) is 0 Å². The molecule has 0 bridgehead atoms. The van der Waals surface area contributed by atoms with Gasteiger partial charge in [-0.25, -0.2) is 0 Å². The molecule has 90 valence electrons. The number of rotatable bonds is 4. The van der Waals surface area contributed by atoms with Crippen LogP contribution < -0.4 is 5.32 Å². The number of piperazine rings is 1. The van der Waals surface area contributed by atoms with E-state index >= 15 is 0 Å². The van der Waals surface area contributed by atoms with Crippen LogP contribution in [0.25, 0.3) is 0 Å².